The first-order chi connectivity index (χ1) is 33.2. The molecule has 320 valence electrons. The van der Waals surface area contributed by atoms with Crippen molar-refractivity contribution >= 4 is 70.4 Å². The van der Waals surface area contributed by atoms with Crippen molar-refractivity contribution < 1.29 is 0 Å². The Kier molecular flexibility index (Phi) is 8.16. The SMILES string of the molecule is c1ccc(-c2ccc(-c3ccc(N(c4ccc(-c5ccc6c(c5)sc5ccccc56)cc4)c4ccc5c6c4c4ccccc4n6-c4ccccc4C54C5CC6CC(C5)CC4C6)cc3)cc2)cc1. The van der Waals surface area contributed by atoms with Crippen LogP contribution in [0.15, 0.2) is 206 Å². The van der Waals surface area contributed by atoms with Crippen molar-refractivity contribution in [2.45, 2.75) is 37.5 Å². The topological polar surface area (TPSA) is 8.17 Å². The van der Waals surface area contributed by atoms with Gasteiger partial charge < -0.3 is 9.47 Å². The molecule has 4 aliphatic carbocycles. The molecule has 0 amide bonds. The molecule has 11 aromatic rings. The Balaban J connectivity index is 0.917. The van der Waals surface area contributed by atoms with Crippen molar-refractivity contribution in [3.05, 3.63) is 217 Å². The van der Waals surface area contributed by atoms with E-state index in [9.17, 15) is 0 Å². The van der Waals surface area contributed by atoms with E-state index in [-0.39, 0.29) is 5.41 Å². The fraction of sp³-hybridized carbons (Fsp3) is 0.156. The second kappa shape index (κ2) is 14.4. The number of rotatable bonds is 6. The van der Waals surface area contributed by atoms with Crippen LogP contribution in [0.1, 0.15) is 43.2 Å². The van der Waals surface area contributed by atoms with Crippen molar-refractivity contribution in [2.75, 3.05) is 4.90 Å². The molecule has 3 heteroatoms. The molecule has 5 aliphatic rings. The summed E-state index contributed by atoms with van der Waals surface area (Å²) in [6.07, 6.45) is 6.90. The summed E-state index contributed by atoms with van der Waals surface area (Å²) in [6.45, 7) is 0. The molecule has 9 aromatic carbocycles. The average Bonchev–Trinajstić information content (AvgIpc) is 3.94. The summed E-state index contributed by atoms with van der Waals surface area (Å²) in [5.41, 5.74) is 18.2. The highest BCUT2D eigenvalue weighted by atomic mass is 32.1. The molecule has 4 bridgehead atoms. The van der Waals surface area contributed by atoms with Crippen molar-refractivity contribution in [3.63, 3.8) is 0 Å². The Labute approximate surface area is 395 Å². The monoisotopic (exact) mass is 876 g/mol. The van der Waals surface area contributed by atoms with Gasteiger partial charge in [-0.3, -0.25) is 0 Å². The zero-order chi connectivity index (χ0) is 43.8. The lowest BCUT2D eigenvalue weighted by molar-refractivity contribution is -0.0418. The second-order valence-electron chi connectivity index (χ2n) is 20.1. The number of hydrogen-bond acceptors (Lipinski definition) is 2. The molecule has 16 rings (SSSR count). The summed E-state index contributed by atoms with van der Waals surface area (Å²) >= 11 is 1.88. The first kappa shape index (κ1) is 38.0. The minimum absolute atomic E-state index is 0.0326. The van der Waals surface area contributed by atoms with E-state index in [4.69, 9.17) is 0 Å². The summed E-state index contributed by atoms with van der Waals surface area (Å²) < 4.78 is 5.33. The zero-order valence-corrected chi connectivity index (χ0v) is 38.1. The Bertz CT molecular complexity index is 3720. The van der Waals surface area contributed by atoms with Crippen molar-refractivity contribution in [2.24, 2.45) is 23.7 Å². The first-order valence-corrected chi connectivity index (χ1v) is 25.2. The number of benzene rings is 9. The van der Waals surface area contributed by atoms with Gasteiger partial charge in [-0.05, 0) is 155 Å². The summed E-state index contributed by atoms with van der Waals surface area (Å²) in [5, 5.41) is 5.35. The Morgan fingerprint density at radius 1 is 0.418 bits per heavy atom. The van der Waals surface area contributed by atoms with E-state index in [0.29, 0.717) is 11.8 Å². The van der Waals surface area contributed by atoms with Crippen LogP contribution in [0.5, 0.6) is 0 Å². The average molecular weight is 877 g/mol. The molecule has 2 nitrogen and oxygen atoms in total. The van der Waals surface area contributed by atoms with E-state index in [1.54, 1.807) is 11.1 Å². The van der Waals surface area contributed by atoms with E-state index in [2.05, 4.69) is 216 Å². The molecule has 1 spiro atoms. The molecule has 1 aliphatic heterocycles. The lowest BCUT2D eigenvalue weighted by atomic mass is 9.41. The fourth-order valence-electron chi connectivity index (χ4n) is 14.2. The molecular weight excluding hydrogens is 829 g/mol. The van der Waals surface area contributed by atoms with Crippen molar-refractivity contribution in [1.82, 2.24) is 4.57 Å². The van der Waals surface area contributed by atoms with Gasteiger partial charge in [0.2, 0.25) is 0 Å². The van der Waals surface area contributed by atoms with Crippen molar-refractivity contribution in [1.29, 1.82) is 0 Å². The Hall–Kier alpha value is -7.20. The maximum absolute atomic E-state index is 2.66. The van der Waals surface area contributed by atoms with Gasteiger partial charge in [0.25, 0.3) is 0 Å². The molecule has 4 saturated carbocycles. The second-order valence-corrected chi connectivity index (χ2v) is 21.2. The van der Waals surface area contributed by atoms with Crippen LogP contribution in [0.2, 0.25) is 0 Å². The maximum atomic E-state index is 2.66. The van der Waals surface area contributed by atoms with Gasteiger partial charge in [-0.15, -0.1) is 11.3 Å². The van der Waals surface area contributed by atoms with E-state index in [1.807, 2.05) is 11.3 Å². The summed E-state index contributed by atoms with van der Waals surface area (Å²) in [6, 6.07) is 78.0. The van der Waals surface area contributed by atoms with Gasteiger partial charge in [-0.1, -0.05) is 152 Å². The van der Waals surface area contributed by atoms with Gasteiger partial charge in [0.1, 0.15) is 0 Å². The summed E-state index contributed by atoms with van der Waals surface area (Å²) in [5.74, 6) is 3.13. The van der Waals surface area contributed by atoms with Gasteiger partial charge >= 0.3 is 0 Å². The zero-order valence-electron chi connectivity index (χ0n) is 37.3. The lowest BCUT2D eigenvalue weighted by Crippen LogP contribution is -2.57. The van der Waals surface area contributed by atoms with Crippen LogP contribution in [0.4, 0.5) is 17.1 Å². The number of anilines is 3. The third kappa shape index (κ3) is 5.50. The highest BCUT2D eigenvalue weighted by Gasteiger charge is 2.61. The van der Waals surface area contributed by atoms with Gasteiger partial charge in [-0.25, -0.2) is 0 Å². The summed E-state index contributed by atoms with van der Waals surface area (Å²) in [4.78, 5) is 2.54. The van der Waals surface area contributed by atoms with E-state index in [1.165, 1.54) is 119 Å². The molecule has 2 aromatic heterocycles. The molecule has 67 heavy (non-hydrogen) atoms. The highest BCUT2D eigenvalue weighted by molar-refractivity contribution is 7.25. The van der Waals surface area contributed by atoms with E-state index < -0.39 is 0 Å². The first-order valence-electron chi connectivity index (χ1n) is 24.4. The molecular formula is C64H48N2S. The molecule has 0 radical (unpaired) electrons. The van der Waals surface area contributed by atoms with Crippen LogP contribution in [-0.4, -0.2) is 4.57 Å². The molecule has 4 fully saturated rings. The molecule has 0 N–H and O–H groups in total. The van der Waals surface area contributed by atoms with Gasteiger partial charge in [0, 0.05) is 47.7 Å². The Morgan fingerprint density at radius 2 is 0.955 bits per heavy atom. The Morgan fingerprint density at radius 3 is 1.66 bits per heavy atom. The minimum atomic E-state index is 0.0326. The lowest BCUT2D eigenvalue weighted by Gasteiger charge is -2.63. The predicted molar refractivity (Wildman–Crippen MR) is 282 cm³/mol. The highest BCUT2D eigenvalue weighted by Crippen LogP contribution is 2.68. The standard InChI is InChI=1S/C64H48N2S/c1-2-10-42(11-3-1)43-18-20-44(21-19-43)45-22-27-50(28-23-45)65(51-29-24-46(25-30-51)47-26-31-53-52-12-5-9-17-60(52)67-61(53)39-47)59-33-32-56-63-62(59)54-13-4-7-15-57(54)66(63)58-16-8-6-14-55(58)64(56)48-35-40-34-41(37-48)38-49(64)36-40/h1-33,39-41,48-49H,34-38H2. The molecule has 0 unspecified atom stereocenters. The quantitative estimate of drug-likeness (QED) is 0.162. The third-order valence-corrected chi connectivity index (χ3v) is 17.9. The third-order valence-electron chi connectivity index (χ3n) is 16.8. The smallest absolute Gasteiger partial charge is 0.0603 e. The molecule has 0 atom stereocenters. The van der Waals surface area contributed by atoms with Crippen LogP contribution >= 0.6 is 11.3 Å². The van der Waals surface area contributed by atoms with Crippen LogP contribution < -0.4 is 4.90 Å². The number of thiophene rings is 1. The number of para-hydroxylation sites is 2. The summed E-state index contributed by atoms with van der Waals surface area (Å²) in [7, 11) is 0. The number of aromatic nitrogens is 1. The number of fused-ring (bicyclic) bond motifs is 8. The van der Waals surface area contributed by atoms with E-state index >= 15 is 0 Å². The van der Waals surface area contributed by atoms with Crippen LogP contribution in [0.25, 0.3) is 81.0 Å². The number of hydrogen-bond donors (Lipinski definition) is 0. The van der Waals surface area contributed by atoms with Gasteiger partial charge in [0.05, 0.1) is 22.4 Å². The van der Waals surface area contributed by atoms with Crippen LogP contribution in [0.3, 0.4) is 0 Å². The van der Waals surface area contributed by atoms with Crippen LogP contribution in [-0.2, 0) is 5.41 Å². The van der Waals surface area contributed by atoms with Crippen LogP contribution in [0, 0.1) is 23.7 Å². The van der Waals surface area contributed by atoms with Gasteiger partial charge in [-0.2, -0.15) is 0 Å². The predicted octanol–water partition coefficient (Wildman–Crippen LogP) is 17.7. The maximum Gasteiger partial charge on any atom is 0.0603 e. The number of nitrogens with zero attached hydrogens (tertiary/aromatic N) is 2. The van der Waals surface area contributed by atoms with Gasteiger partial charge in [0.15, 0.2) is 0 Å². The molecule has 3 heterocycles. The fourth-order valence-corrected chi connectivity index (χ4v) is 15.4. The van der Waals surface area contributed by atoms with Crippen molar-refractivity contribution in [3.8, 4) is 39.1 Å². The van der Waals surface area contributed by atoms with E-state index in [0.717, 1.165) is 23.2 Å². The molecule has 0 saturated heterocycles. The minimum Gasteiger partial charge on any atom is -0.310 e. The largest absolute Gasteiger partial charge is 0.310 e. The normalized spacial score (nSPS) is 21.2.